The van der Waals surface area contributed by atoms with E-state index in [0.29, 0.717) is 41.8 Å². The Morgan fingerprint density at radius 2 is 1.67 bits per heavy atom. The lowest BCUT2D eigenvalue weighted by Crippen LogP contribution is -2.01. The van der Waals surface area contributed by atoms with Gasteiger partial charge in [0.1, 0.15) is 6.61 Å². The van der Waals surface area contributed by atoms with Crippen molar-refractivity contribution in [3.8, 4) is 29.1 Å². The number of methoxy groups -OCH3 is 2. The molecule has 6 heteroatoms. The van der Waals surface area contributed by atoms with E-state index < -0.39 is 0 Å². The van der Waals surface area contributed by atoms with Gasteiger partial charge >= 0.3 is 0 Å². The van der Waals surface area contributed by atoms with Gasteiger partial charge in [-0.15, -0.1) is 0 Å². The molecule has 0 saturated heterocycles. The number of hydrogen-bond acceptors (Lipinski definition) is 5. The third-order valence-electron chi connectivity index (χ3n) is 5.71. The van der Waals surface area contributed by atoms with Gasteiger partial charge in [-0.2, -0.15) is 5.26 Å². The zero-order valence-corrected chi connectivity index (χ0v) is 22.0. The molecule has 4 rings (SSSR count). The van der Waals surface area contributed by atoms with Crippen LogP contribution in [0.4, 0.5) is 0 Å². The van der Waals surface area contributed by atoms with Crippen LogP contribution in [0.3, 0.4) is 0 Å². The first-order chi connectivity index (χ1) is 17.6. The van der Waals surface area contributed by atoms with Gasteiger partial charge in [-0.3, -0.25) is 0 Å². The van der Waals surface area contributed by atoms with Gasteiger partial charge in [0.15, 0.2) is 23.0 Å². The van der Waals surface area contributed by atoms with Crippen molar-refractivity contribution in [3.05, 3.63) is 94.0 Å². The molecule has 0 atom stereocenters. The summed E-state index contributed by atoms with van der Waals surface area (Å²) in [7, 11) is 3.15. The van der Waals surface area contributed by atoms with Crippen molar-refractivity contribution < 1.29 is 18.9 Å². The number of halogens is 1. The van der Waals surface area contributed by atoms with Crippen molar-refractivity contribution in [2.45, 2.75) is 13.5 Å². The highest BCUT2D eigenvalue weighted by Crippen LogP contribution is 2.39. The molecule has 0 radical (unpaired) electrons. The monoisotopic (exact) mass is 543 g/mol. The third kappa shape index (κ3) is 5.48. The molecule has 36 heavy (non-hydrogen) atoms. The van der Waals surface area contributed by atoms with Crippen molar-refractivity contribution in [2.24, 2.45) is 0 Å². The van der Waals surface area contributed by atoms with Gasteiger partial charge in [0.25, 0.3) is 0 Å². The normalized spacial score (nSPS) is 11.1. The number of ether oxygens (including phenoxy) is 4. The molecular formula is C30H26BrNO4. The van der Waals surface area contributed by atoms with Crippen molar-refractivity contribution in [1.82, 2.24) is 0 Å². The average molecular weight is 544 g/mol. The molecule has 0 saturated carbocycles. The SMILES string of the molecule is CCOc1cc(/C=C(\C#N)c2ccc(OC)c(OC)c2)cc(Br)c1OCc1cccc2ccccc12. The highest BCUT2D eigenvalue weighted by Gasteiger charge is 2.14. The standard InChI is InChI=1S/C30H26BrNO4/c1-4-35-29-16-20(14-24(18-32)22-12-13-27(33-2)28(17-22)34-3)15-26(31)30(29)36-19-23-10-7-9-21-8-5-6-11-25(21)23/h5-17H,4,19H2,1-3H3/b24-14+. The van der Waals surface area contributed by atoms with E-state index in [4.69, 9.17) is 18.9 Å². The quantitative estimate of drug-likeness (QED) is 0.160. The minimum absolute atomic E-state index is 0.393. The fourth-order valence-electron chi connectivity index (χ4n) is 3.99. The van der Waals surface area contributed by atoms with E-state index in [1.54, 1.807) is 26.4 Å². The first-order valence-electron chi connectivity index (χ1n) is 11.5. The van der Waals surface area contributed by atoms with E-state index in [-0.39, 0.29) is 0 Å². The summed E-state index contributed by atoms with van der Waals surface area (Å²) in [5.74, 6) is 2.38. The molecule has 4 aromatic carbocycles. The number of rotatable bonds is 9. The Hall–Kier alpha value is -3.95. The third-order valence-corrected chi connectivity index (χ3v) is 6.30. The lowest BCUT2D eigenvalue weighted by molar-refractivity contribution is 0.268. The zero-order valence-electron chi connectivity index (χ0n) is 20.4. The molecule has 0 N–H and O–H groups in total. The fraction of sp³-hybridized carbons (Fsp3) is 0.167. The van der Waals surface area contributed by atoms with Crippen LogP contribution in [0.2, 0.25) is 0 Å². The van der Waals surface area contributed by atoms with Gasteiger partial charge in [-0.1, -0.05) is 42.5 Å². The Morgan fingerprint density at radius 1 is 0.889 bits per heavy atom. The van der Waals surface area contributed by atoms with Crippen LogP contribution in [0.1, 0.15) is 23.6 Å². The number of nitriles is 1. The highest BCUT2D eigenvalue weighted by molar-refractivity contribution is 9.10. The van der Waals surface area contributed by atoms with Crippen LogP contribution >= 0.6 is 15.9 Å². The van der Waals surface area contributed by atoms with Crippen LogP contribution in [0.5, 0.6) is 23.0 Å². The second-order valence-electron chi connectivity index (χ2n) is 7.93. The second kappa shape index (κ2) is 11.7. The summed E-state index contributed by atoms with van der Waals surface area (Å²) < 4.78 is 23.6. The van der Waals surface area contributed by atoms with Gasteiger partial charge in [0, 0.05) is 0 Å². The van der Waals surface area contributed by atoms with E-state index in [2.05, 4.69) is 46.3 Å². The summed E-state index contributed by atoms with van der Waals surface area (Å²) in [4.78, 5) is 0. The maximum absolute atomic E-state index is 9.87. The average Bonchev–Trinajstić information content (AvgIpc) is 2.91. The molecule has 0 spiro atoms. The first-order valence-corrected chi connectivity index (χ1v) is 12.3. The minimum Gasteiger partial charge on any atom is -0.493 e. The number of allylic oxidation sites excluding steroid dienone is 1. The molecule has 0 heterocycles. The van der Waals surface area contributed by atoms with Crippen molar-refractivity contribution in [3.63, 3.8) is 0 Å². The van der Waals surface area contributed by atoms with Crippen LogP contribution in [0.15, 0.2) is 77.3 Å². The van der Waals surface area contributed by atoms with E-state index >= 15 is 0 Å². The first kappa shape index (κ1) is 25.2. The van der Waals surface area contributed by atoms with Crippen LogP contribution in [0, 0.1) is 11.3 Å². The zero-order chi connectivity index (χ0) is 25.5. The van der Waals surface area contributed by atoms with Crippen LogP contribution in [0.25, 0.3) is 22.4 Å². The Labute approximate surface area is 219 Å². The maximum atomic E-state index is 9.87. The van der Waals surface area contributed by atoms with Crippen LogP contribution < -0.4 is 18.9 Å². The van der Waals surface area contributed by atoms with Crippen molar-refractivity contribution in [1.29, 1.82) is 5.26 Å². The van der Waals surface area contributed by atoms with Gasteiger partial charge in [-0.25, -0.2) is 0 Å². The smallest absolute Gasteiger partial charge is 0.175 e. The van der Waals surface area contributed by atoms with Crippen LogP contribution in [-0.2, 0) is 6.61 Å². The molecule has 0 fully saturated rings. The van der Waals surface area contributed by atoms with Gasteiger partial charge in [0.2, 0.25) is 0 Å². The predicted molar refractivity (Wildman–Crippen MR) is 147 cm³/mol. The van der Waals surface area contributed by atoms with E-state index in [1.165, 1.54) is 5.39 Å². The highest BCUT2D eigenvalue weighted by atomic mass is 79.9. The molecule has 0 aliphatic rings. The van der Waals surface area contributed by atoms with E-state index in [0.717, 1.165) is 26.5 Å². The maximum Gasteiger partial charge on any atom is 0.175 e. The number of hydrogen-bond donors (Lipinski definition) is 0. The molecule has 0 aliphatic carbocycles. The van der Waals surface area contributed by atoms with Gasteiger partial charge in [-0.05, 0) is 86.7 Å². The summed E-state index contributed by atoms with van der Waals surface area (Å²) in [6, 6.07) is 25.9. The molecule has 0 aromatic heterocycles. The topological polar surface area (TPSA) is 60.7 Å². The van der Waals surface area contributed by atoms with E-state index in [1.807, 2.05) is 49.4 Å². The molecule has 0 bridgehead atoms. The predicted octanol–water partition coefficient (Wildman–Crippen LogP) is 7.66. The van der Waals surface area contributed by atoms with E-state index in [9.17, 15) is 5.26 Å². The summed E-state index contributed by atoms with van der Waals surface area (Å²) in [6.07, 6.45) is 1.81. The number of nitrogens with zero attached hydrogens (tertiary/aromatic N) is 1. The minimum atomic E-state index is 0.393. The Morgan fingerprint density at radius 3 is 2.42 bits per heavy atom. The lowest BCUT2D eigenvalue weighted by atomic mass is 10.0. The Kier molecular flexibility index (Phi) is 8.14. The second-order valence-corrected chi connectivity index (χ2v) is 8.78. The van der Waals surface area contributed by atoms with Gasteiger partial charge in [0.05, 0.1) is 36.9 Å². The summed E-state index contributed by atoms with van der Waals surface area (Å²) in [5.41, 5.74) is 3.09. The molecule has 0 amide bonds. The molecule has 0 aliphatic heterocycles. The summed E-state index contributed by atoms with van der Waals surface area (Å²) in [6.45, 7) is 2.80. The van der Waals surface area contributed by atoms with Crippen molar-refractivity contribution in [2.75, 3.05) is 20.8 Å². The summed E-state index contributed by atoms with van der Waals surface area (Å²) >= 11 is 3.65. The van der Waals surface area contributed by atoms with Gasteiger partial charge < -0.3 is 18.9 Å². The molecular weight excluding hydrogens is 518 g/mol. The molecule has 0 unspecified atom stereocenters. The Balaban J connectivity index is 1.66. The Bertz CT molecular complexity index is 1450. The largest absolute Gasteiger partial charge is 0.493 e. The fourth-order valence-corrected chi connectivity index (χ4v) is 4.57. The van der Waals surface area contributed by atoms with Crippen LogP contribution in [-0.4, -0.2) is 20.8 Å². The number of benzene rings is 4. The molecule has 5 nitrogen and oxygen atoms in total. The lowest BCUT2D eigenvalue weighted by Gasteiger charge is -2.16. The van der Waals surface area contributed by atoms with Crippen molar-refractivity contribution >= 4 is 38.4 Å². The molecule has 4 aromatic rings. The summed E-state index contributed by atoms with van der Waals surface area (Å²) in [5, 5.41) is 12.2. The number of fused-ring (bicyclic) bond motifs is 1. The molecule has 182 valence electrons.